The van der Waals surface area contributed by atoms with Crippen LogP contribution in [0.2, 0.25) is 0 Å². The Balaban J connectivity index is 2.12. The van der Waals surface area contributed by atoms with Crippen molar-refractivity contribution < 1.29 is 4.74 Å². The molecule has 0 radical (unpaired) electrons. The summed E-state index contributed by atoms with van der Waals surface area (Å²) in [5.41, 5.74) is 1.09. The van der Waals surface area contributed by atoms with Crippen LogP contribution in [0.3, 0.4) is 0 Å². The number of rotatable bonds is 6. The summed E-state index contributed by atoms with van der Waals surface area (Å²) < 4.78 is 6.10. The highest BCUT2D eigenvalue weighted by atomic mass is 35.5. The Hall–Kier alpha value is -0.120. The van der Waals surface area contributed by atoms with Gasteiger partial charge in [-0.1, -0.05) is 19.3 Å². The van der Waals surface area contributed by atoms with Crippen molar-refractivity contribution in [2.75, 3.05) is 12.5 Å². The molecule has 2 rings (SSSR count). The molecule has 1 heterocycles. The Morgan fingerprint density at radius 1 is 1.39 bits per heavy atom. The second-order valence-electron chi connectivity index (χ2n) is 4.92. The van der Waals surface area contributed by atoms with Crippen molar-refractivity contribution in [1.82, 2.24) is 4.98 Å². The van der Waals surface area contributed by atoms with E-state index in [1.165, 1.54) is 30.0 Å². The fraction of sp³-hybridized carbons (Fsp3) is 0.786. The van der Waals surface area contributed by atoms with E-state index in [0.717, 1.165) is 32.3 Å². The zero-order chi connectivity index (χ0) is 12.8. The van der Waals surface area contributed by atoms with Crippen LogP contribution < -0.4 is 0 Å². The Morgan fingerprint density at radius 2 is 2.17 bits per heavy atom. The van der Waals surface area contributed by atoms with Crippen molar-refractivity contribution in [2.24, 2.45) is 0 Å². The predicted octanol–water partition coefficient (Wildman–Crippen LogP) is 4.51. The molecule has 0 bridgehead atoms. The first-order chi connectivity index (χ1) is 8.80. The number of alkyl halides is 1. The van der Waals surface area contributed by atoms with Crippen LogP contribution >= 0.6 is 22.9 Å². The molecule has 102 valence electrons. The van der Waals surface area contributed by atoms with Gasteiger partial charge in [-0.3, -0.25) is 0 Å². The SMILES string of the molecule is CCOC1(c2nc(CCCCl)cs2)CCCCC1. The van der Waals surface area contributed by atoms with Gasteiger partial charge in [-0.25, -0.2) is 4.98 Å². The molecular weight excluding hydrogens is 266 g/mol. The summed E-state index contributed by atoms with van der Waals surface area (Å²) in [6.45, 7) is 2.86. The smallest absolute Gasteiger partial charge is 0.125 e. The zero-order valence-electron chi connectivity index (χ0n) is 11.1. The molecular formula is C14H22ClNOS. The van der Waals surface area contributed by atoms with Crippen molar-refractivity contribution >= 4 is 22.9 Å². The molecule has 0 aromatic carbocycles. The van der Waals surface area contributed by atoms with Crippen LogP contribution in [0.5, 0.6) is 0 Å². The highest BCUT2D eigenvalue weighted by molar-refractivity contribution is 7.09. The van der Waals surface area contributed by atoms with Gasteiger partial charge in [-0.15, -0.1) is 22.9 Å². The molecule has 0 amide bonds. The molecule has 0 spiro atoms. The maximum atomic E-state index is 6.10. The lowest BCUT2D eigenvalue weighted by Crippen LogP contribution is -2.32. The molecule has 1 fully saturated rings. The monoisotopic (exact) mass is 287 g/mol. The van der Waals surface area contributed by atoms with Gasteiger partial charge in [0.15, 0.2) is 0 Å². The van der Waals surface area contributed by atoms with Gasteiger partial charge in [0.1, 0.15) is 10.6 Å². The van der Waals surface area contributed by atoms with Crippen molar-refractivity contribution in [3.05, 3.63) is 16.1 Å². The third-order valence-corrected chi connectivity index (χ3v) is 4.93. The normalized spacial score (nSPS) is 19.0. The van der Waals surface area contributed by atoms with Crippen LogP contribution in [0.1, 0.15) is 56.2 Å². The molecule has 1 saturated carbocycles. The minimum absolute atomic E-state index is 0.0864. The Kier molecular flexibility index (Phi) is 5.46. The predicted molar refractivity (Wildman–Crippen MR) is 77.5 cm³/mol. The van der Waals surface area contributed by atoms with Crippen LogP contribution in [0.15, 0.2) is 5.38 Å². The molecule has 1 aromatic rings. The second kappa shape index (κ2) is 6.88. The highest BCUT2D eigenvalue weighted by Crippen LogP contribution is 2.41. The standard InChI is InChI=1S/C14H22ClNOS/c1-2-17-14(8-4-3-5-9-14)13-16-12(11-18-13)7-6-10-15/h11H,2-10H2,1H3. The number of ether oxygens (including phenoxy) is 1. The second-order valence-corrected chi connectivity index (χ2v) is 6.16. The van der Waals surface area contributed by atoms with Crippen LogP contribution in [0.4, 0.5) is 0 Å². The first-order valence-corrected chi connectivity index (χ1v) is 8.37. The maximum Gasteiger partial charge on any atom is 0.125 e. The van der Waals surface area contributed by atoms with E-state index in [9.17, 15) is 0 Å². The molecule has 2 nitrogen and oxygen atoms in total. The van der Waals surface area contributed by atoms with Gasteiger partial charge in [0, 0.05) is 17.9 Å². The molecule has 0 saturated heterocycles. The number of nitrogens with zero attached hydrogens (tertiary/aromatic N) is 1. The van der Waals surface area contributed by atoms with E-state index in [4.69, 9.17) is 21.3 Å². The van der Waals surface area contributed by atoms with Gasteiger partial charge >= 0.3 is 0 Å². The Labute approximate surface area is 119 Å². The molecule has 1 aliphatic rings. The molecule has 0 aliphatic heterocycles. The first-order valence-electron chi connectivity index (χ1n) is 6.95. The number of hydrogen-bond acceptors (Lipinski definition) is 3. The first kappa shape index (κ1) is 14.3. The van der Waals surface area contributed by atoms with Gasteiger partial charge < -0.3 is 4.74 Å². The third kappa shape index (κ3) is 3.25. The van der Waals surface area contributed by atoms with Crippen LogP contribution in [-0.4, -0.2) is 17.5 Å². The van der Waals surface area contributed by atoms with E-state index in [2.05, 4.69) is 12.3 Å². The van der Waals surface area contributed by atoms with Crippen molar-refractivity contribution in [3.63, 3.8) is 0 Å². The number of aryl methyl sites for hydroxylation is 1. The van der Waals surface area contributed by atoms with E-state index in [1.807, 2.05) is 0 Å². The average Bonchev–Trinajstić information content (AvgIpc) is 2.87. The topological polar surface area (TPSA) is 22.1 Å². The number of halogens is 1. The summed E-state index contributed by atoms with van der Waals surface area (Å²) in [5, 5.41) is 3.37. The van der Waals surface area contributed by atoms with Crippen molar-refractivity contribution in [3.8, 4) is 0 Å². The molecule has 18 heavy (non-hydrogen) atoms. The third-order valence-electron chi connectivity index (χ3n) is 3.59. The molecule has 0 atom stereocenters. The maximum absolute atomic E-state index is 6.10. The van der Waals surface area contributed by atoms with Crippen LogP contribution in [0, 0.1) is 0 Å². The minimum atomic E-state index is -0.0864. The molecule has 1 aliphatic carbocycles. The van der Waals surface area contributed by atoms with Crippen LogP contribution in [0.25, 0.3) is 0 Å². The van der Waals surface area contributed by atoms with Gasteiger partial charge in [-0.2, -0.15) is 0 Å². The Bertz CT molecular complexity index is 355. The van der Waals surface area contributed by atoms with Gasteiger partial charge in [-0.05, 0) is 32.6 Å². The lowest BCUT2D eigenvalue weighted by molar-refractivity contribution is -0.0705. The number of thiazole rings is 1. The highest BCUT2D eigenvalue weighted by Gasteiger charge is 2.37. The summed E-state index contributed by atoms with van der Waals surface area (Å²) in [6, 6.07) is 0. The lowest BCUT2D eigenvalue weighted by atomic mass is 9.85. The van der Waals surface area contributed by atoms with E-state index in [-0.39, 0.29) is 5.60 Å². The van der Waals surface area contributed by atoms with Gasteiger partial charge in [0.05, 0.1) is 5.69 Å². The Morgan fingerprint density at radius 3 is 2.83 bits per heavy atom. The number of hydrogen-bond donors (Lipinski definition) is 0. The number of aromatic nitrogens is 1. The molecule has 1 aromatic heterocycles. The molecule has 4 heteroatoms. The van der Waals surface area contributed by atoms with E-state index in [1.54, 1.807) is 11.3 Å². The summed E-state index contributed by atoms with van der Waals surface area (Å²) >= 11 is 7.50. The van der Waals surface area contributed by atoms with E-state index < -0.39 is 0 Å². The van der Waals surface area contributed by atoms with E-state index in [0.29, 0.717) is 5.88 Å². The molecule has 0 N–H and O–H groups in total. The fourth-order valence-corrected chi connectivity index (χ4v) is 3.90. The van der Waals surface area contributed by atoms with Gasteiger partial charge in [0.2, 0.25) is 0 Å². The summed E-state index contributed by atoms with van der Waals surface area (Å²) in [5.74, 6) is 0.712. The lowest BCUT2D eigenvalue weighted by Gasteiger charge is -2.35. The van der Waals surface area contributed by atoms with Crippen LogP contribution in [-0.2, 0) is 16.8 Å². The van der Waals surface area contributed by atoms with Gasteiger partial charge in [0.25, 0.3) is 0 Å². The zero-order valence-corrected chi connectivity index (χ0v) is 12.7. The quantitative estimate of drug-likeness (QED) is 0.718. The summed E-state index contributed by atoms with van der Waals surface area (Å²) in [7, 11) is 0. The average molecular weight is 288 g/mol. The van der Waals surface area contributed by atoms with Crippen molar-refractivity contribution in [2.45, 2.75) is 57.5 Å². The fourth-order valence-electron chi connectivity index (χ4n) is 2.70. The minimum Gasteiger partial charge on any atom is -0.368 e. The van der Waals surface area contributed by atoms with E-state index >= 15 is 0 Å². The summed E-state index contributed by atoms with van der Waals surface area (Å²) in [4.78, 5) is 4.80. The largest absolute Gasteiger partial charge is 0.368 e. The molecule has 0 unspecified atom stereocenters. The van der Waals surface area contributed by atoms with Crippen molar-refractivity contribution in [1.29, 1.82) is 0 Å². The summed E-state index contributed by atoms with van der Waals surface area (Å²) in [6.07, 6.45) is 8.10.